The van der Waals surface area contributed by atoms with Crippen LogP contribution in [0.1, 0.15) is 27.2 Å². The number of imidazole rings is 1. The number of carbonyl (C=O) groups is 1. The van der Waals surface area contributed by atoms with Crippen LogP contribution in [-0.2, 0) is 4.74 Å². The molecule has 4 aromatic rings. The topological polar surface area (TPSA) is 98.6 Å². The van der Waals surface area contributed by atoms with Gasteiger partial charge >= 0.3 is 0 Å². The zero-order chi connectivity index (χ0) is 22.8. The van der Waals surface area contributed by atoms with Crippen LogP contribution in [0.3, 0.4) is 0 Å². The van der Waals surface area contributed by atoms with Crippen molar-refractivity contribution in [2.45, 2.75) is 6.92 Å². The van der Waals surface area contributed by atoms with Crippen LogP contribution < -0.4 is 5.73 Å². The van der Waals surface area contributed by atoms with Crippen LogP contribution in [-0.4, -0.2) is 56.7 Å². The molecule has 0 radical (unpaired) electrons. The molecule has 1 saturated heterocycles. The smallest absolute Gasteiger partial charge is 0.254 e. The van der Waals surface area contributed by atoms with Gasteiger partial charge in [-0.05, 0) is 54.8 Å². The number of nitrogens with zero attached hydrogens (tertiary/aromatic N) is 5. The minimum Gasteiger partial charge on any atom is -0.384 e. The summed E-state index contributed by atoms with van der Waals surface area (Å²) in [5.74, 6) is 6.64. The van der Waals surface area contributed by atoms with Gasteiger partial charge < -0.3 is 15.4 Å². The van der Waals surface area contributed by atoms with Crippen LogP contribution in [0.25, 0.3) is 16.9 Å². The maximum Gasteiger partial charge on any atom is 0.254 e. The van der Waals surface area contributed by atoms with Gasteiger partial charge in [-0.1, -0.05) is 12.0 Å². The van der Waals surface area contributed by atoms with Crippen molar-refractivity contribution >= 4 is 17.4 Å². The zero-order valence-corrected chi connectivity index (χ0v) is 18.2. The van der Waals surface area contributed by atoms with E-state index < -0.39 is 0 Å². The monoisotopic (exact) mass is 438 g/mol. The van der Waals surface area contributed by atoms with Crippen LogP contribution >= 0.6 is 0 Å². The van der Waals surface area contributed by atoms with E-state index in [1.54, 1.807) is 29.0 Å². The van der Waals surface area contributed by atoms with E-state index in [-0.39, 0.29) is 5.91 Å². The van der Waals surface area contributed by atoms with Gasteiger partial charge in [0.2, 0.25) is 0 Å². The number of pyridine rings is 1. The number of carbonyl (C=O) groups excluding carboxylic acids is 1. The first-order chi connectivity index (χ1) is 16.1. The zero-order valence-electron chi connectivity index (χ0n) is 18.2. The Bertz CT molecular complexity index is 1410. The van der Waals surface area contributed by atoms with Gasteiger partial charge in [-0.15, -0.1) is 0 Å². The Hall–Kier alpha value is -4.22. The van der Waals surface area contributed by atoms with Crippen LogP contribution in [0.15, 0.2) is 54.9 Å². The molecule has 1 fully saturated rings. The summed E-state index contributed by atoms with van der Waals surface area (Å²) >= 11 is 0. The van der Waals surface area contributed by atoms with E-state index in [0.29, 0.717) is 49.0 Å². The summed E-state index contributed by atoms with van der Waals surface area (Å²) in [4.78, 5) is 23.1. The van der Waals surface area contributed by atoms with Crippen molar-refractivity contribution in [3.63, 3.8) is 0 Å². The second-order valence-electron chi connectivity index (χ2n) is 7.79. The molecule has 0 unspecified atom stereocenters. The molecular weight excluding hydrogens is 416 g/mol. The Morgan fingerprint density at radius 2 is 1.91 bits per heavy atom. The summed E-state index contributed by atoms with van der Waals surface area (Å²) in [5, 5.41) is 4.74. The van der Waals surface area contributed by atoms with Crippen LogP contribution in [0.2, 0.25) is 0 Å². The second-order valence-corrected chi connectivity index (χ2v) is 7.79. The second kappa shape index (κ2) is 8.73. The summed E-state index contributed by atoms with van der Waals surface area (Å²) in [7, 11) is 0. The lowest BCUT2D eigenvalue weighted by molar-refractivity contribution is 0.0302. The number of ether oxygens (including phenoxy) is 1. The van der Waals surface area contributed by atoms with Crippen molar-refractivity contribution in [3.05, 3.63) is 77.2 Å². The molecule has 1 aromatic carbocycles. The molecule has 0 saturated carbocycles. The van der Waals surface area contributed by atoms with Crippen molar-refractivity contribution < 1.29 is 9.53 Å². The molecule has 164 valence electrons. The highest BCUT2D eigenvalue weighted by atomic mass is 16.5. The molecule has 1 amide bonds. The predicted molar refractivity (Wildman–Crippen MR) is 125 cm³/mol. The average Bonchev–Trinajstić information content (AvgIpc) is 3.25. The maximum atomic E-state index is 12.9. The lowest BCUT2D eigenvalue weighted by Crippen LogP contribution is -2.40. The minimum atomic E-state index is 0.0367. The molecule has 2 N–H and O–H groups in total. The van der Waals surface area contributed by atoms with Gasteiger partial charge in [0.25, 0.3) is 5.91 Å². The number of anilines is 1. The van der Waals surface area contributed by atoms with Gasteiger partial charge in [0.1, 0.15) is 11.5 Å². The minimum absolute atomic E-state index is 0.0367. The number of aromatic nitrogens is 4. The van der Waals surface area contributed by atoms with Crippen molar-refractivity contribution in [3.8, 4) is 23.1 Å². The number of hydrogen-bond donors (Lipinski definition) is 1. The van der Waals surface area contributed by atoms with Crippen molar-refractivity contribution in [1.29, 1.82) is 0 Å². The van der Waals surface area contributed by atoms with Gasteiger partial charge in [0.15, 0.2) is 5.65 Å². The van der Waals surface area contributed by atoms with Crippen LogP contribution in [0, 0.1) is 18.8 Å². The third kappa shape index (κ3) is 4.27. The van der Waals surface area contributed by atoms with E-state index in [9.17, 15) is 4.79 Å². The molecule has 8 heteroatoms. The molecule has 1 aliphatic rings. The molecule has 3 aromatic heterocycles. The highest BCUT2D eigenvalue weighted by Crippen LogP contribution is 2.22. The lowest BCUT2D eigenvalue weighted by Gasteiger charge is -2.27. The SMILES string of the molecule is Cc1cc(-c2ccc3ncc(C#Cc4ccnc(N)c4)n3n2)ccc1C(=O)N1CCOCC1. The Balaban J connectivity index is 1.45. The summed E-state index contributed by atoms with van der Waals surface area (Å²) in [5.41, 5.74) is 11.2. The molecule has 33 heavy (non-hydrogen) atoms. The fraction of sp³-hybridized carbons (Fsp3) is 0.200. The largest absolute Gasteiger partial charge is 0.384 e. The highest BCUT2D eigenvalue weighted by Gasteiger charge is 2.20. The van der Waals surface area contributed by atoms with E-state index in [4.69, 9.17) is 15.6 Å². The summed E-state index contributed by atoms with van der Waals surface area (Å²) in [6, 6.07) is 13.1. The Kier molecular flexibility index (Phi) is 5.47. The van der Waals surface area contributed by atoms with Gasteiger partial charge in [-0.2, -0.15) is 5.10 Å². The summed E-state index contributed by atoms with van der Waals surface area (Å²) in [6.07, 6.45) is 3.32. The van der Waals surface area contributed by atoms with E-state index in [1.165, 1.54) is 0 Å². The predicted octanol–water partition coefficient (Wildman–Crippen LogP) is 2.55. The normalized spacial score (nSPS) is 13.5. The number of fused-ring (bicyclic) bond motifs is 1. The molecule has 0 spiro atoms. The van der Waals surface area contributed by atoms with Crippen molar-refractivity contribution in [1.82, 2.24) is 24.5 Å². The molecular formula is C25H22N6O2. The van der Waals surface area contributed by atoms with Crippen LogP contribution in [0.5, 0.6) is 0 Å². The quantitative estimate of drug-likeness (QED) is 0.483. The number of nitrogens with two attached hydrogens (primary N) is 1. The summed E-state index contributed by atoms with van der Waals surface area (Å²) in [6.45, 7) is 4.35. The lowest BCUT2D eigenvalue weighted by atomic mass is 10.0. The maximum absolute atomic E-state index is 12.9. The number of aryl methyl sites for hydroxylation is 1. The first kappa shape index (κ1) is 20.7. The van der Waals surface area contributed by atoms with Gasteiger partial charge in [0.05, 0.1) is 25.1 Å². The van der Waals surface area contributed by atoms with E-state index in [2.05, 4.69) is 21.8 Å². The van der Waals surface area contributed by atoms with Gasteiger partial charge in [-0.25, -0.2) is 14.5 Å². The van der Waals surface area contributed by atoms with E-state index >= 15 is 0 Å². The molecule has 0 aliphatic carbocycles. The molecule has 1 aliphatic heterocycles. The number of amides is 1. The van der Waals surface area contributed by atoms with E-state index in [0.717, 1.165) is 22.4 Å². The van der Waals surface area contributed by atoms with E-state index in [1.807, 2.05) is 42.2 Å². The molecule has 0 bridgehead atoms. The van der Waals surface area contributed by atoms with Gasteiger partial charge in [-0.3, -0.25) is 4.79 Å². The van der Waals surface area contributed by atoms with Crippen molar-refractivity contribution in [2.24, 2.45) is 0 Å². The Morgan fingerprint density at radius 3 is 2.70 bits per heavy atom. The van der Waals surface area contributed by atoms with Gasteiger partial charge in [0, 0.05) is 36.0 Å². The van der Waals surface area contributed by atoms with Crippen molar-refractivity contribution in [2.75, 3.05) is 32.0 Å². The number of benzene rings is 1. The third-order valence-corrected chi connectivity index (χ3v) is 5.53. The average molecular weight is 438 g/mol. The highest BCUT2D eigenvalue weighted by molar-refractivity contribution is 5.96. The Morgan fingerprint density at radius 1 is 1.06 bits per heavy atom. The first-order valence-electron chi connectivity index (χ1n) is 10.6. The third-order valence-electron chi connectivity index (χ3n) is 5.53. The Labute approximate surface area is 191 Å². The number of nitrogen functional groups attached to an aromatic ring is 1. The summed E-state index contributed by atoms with van der Waals surface area (Å²) < 4.78 is 7.07. The molecule has 0 atom stereocenters. The molecule has 4 heterocycles. The first-order valence-corrected chi connectivity index (χ1v) is 10.6. The number of morpholine rings is 1. The molecule has 8 nitrogen and oxygen atoms in total. The van der Waals surface area contributed by atoms with Crippen LogP contribution in [0.4, 0.5) is 5.82 Å². The fourth-order valence-electron chi connectivity index (χ4n) is 3.77. The standard InChI is InChI=1S/C25H22N6O2/c1-17-14-19(3-5-21(17)25(32)30-10-12-33-13-11-30)22-6-7-24-28-16-20(31(24)29-22)4-2-18-8-9-27-23(26)15-18/h3,5-9,14-16H,10-13H2,1H3,(H2,26,27). The number of rotatable bonds is 2. The molecule has 5 rings (SSSR count). The number of hydrogen-bond acceptors (Lipinski definition) is 6. The fourth-order valence-corrected chi connectivity index (χ4v) is 3.77.